The number of fused-ring (bicyclic) bond motifs is 1. The minimum atomic E-state index is -1.01. The molecule has 8 nitrogen and oxygen atoms in total. The van der Waals surface area contributed by atoms with Crippen LogP contribution in [0.1, 0.15) is 12.5 Å². The van der Waals surface area contributed by atoms with Crippen molar-refractivity contribution in [2.24, 2.45) is 0 Å². The Morgan fingerprint density at radius 2 is 2.18 bits per heavy atom. The van der Waals surface area contributed by atoms with Gasteiger partial charge in [-0.2, -0.15) is 0 Å². The molecule has 0 saturated carbocycles. The Morgan fingerprint density at radius 1 is 1.50 bits per heavy atom. The second-order valence-electron chi connectivity index (χ2n) is 5.29. The average Bonchev–Trinajstić information content (AvgIpc) is 2.88. The molecule has 1 amide bonds. The third-order valence-corrected chi connectivity index (χ3v) is 3.88. The zero-order valence-electron chi connectivity index (χ0n) is 12.4. The molecule has 1 atom stereocenters. The van der Waals surface area contributed by atoms with E-state index < -0.39 is 16.9 Å². The fourth-order valence-electron chi connectivity index (χ4n) is 2.36. The number of carbonyl (C=O) groups excluding carboxylic acids is 1. The highest BCUT2D eigenvalue weighted by atomic mass is 16.6. The number of hydrogen-bond donors (Lipinski definition) is 1. The van der Waals surface area contributed by atoms with Gasteiger partial charge in [-0.05, 0) is 26.0 Å². The molecule has 0 aliphatic carbocycles. The summed E-state index contributed by atoms with van der Waals surface area (Å²) in [5.41, 5.74) is 1.36. The first-order valence-electron chi connectivity index (χ1n) is 6.82. The summed E-state index contributed by atoms with van der Waals surface area (Å²) in [7, 11) is 1.56. The molecule has 1 unspecified atom stereocenters. The topological polar surface area (TPSA) is 104 Å². The molecule has 0 radical (unpaired) electrons. The van der Waals surface area contributed by atoms with E-state index in [9.17, 15) is 19.7 Å². The van der Waals surface area contributed by atoms with E-state index in [1.165, 1.54) is 28.9 Å². The van der Waals surface area contributed by atoms with Crippen molar-refractivity contribution in [2.45, 2.75) is 19.4 Å². The summed E-state index contributed by atoms with van der Waals surface area (Å²) in [6.07, 6.45) is 0.636. The van der Waals surface area contributed by atoms with Gasteiger partial charge in [-0.25, -0.2) is 0 Å². The lowest BCUT2D eigenvalue weighted by Gasteiger charge is -2.24. The van der Waals surface area contributed by atoms with Crippen LogP contribution in [0.2, 0.25) is 0 Å². The number of rotatable bonds is 5. The van der Waals surface area contributed by atoms with E-state index in [0.717, 1.165) is 5.56 Å². The summed E-state index contributed by atoms with van der Waals surface area (Å²) < 4.78 is 0. The van der Waals surface area contributed by atoms with Crippen LogP contribution in [0.3, 0.4) is 0 Å². The van der Waals surface area contributed by atoms with Crippen molar-refractivity contribution in [1.82, 2.24) is 4.90 Å². The second kappa shape index (κ2) is 6.10. The van der Waals surface area contributed by atoms with Crippen LogP contribution in [-0.4, -0.2) is 53.0 Å². The van der Waals surface area contributed by atoms with Crippen LogP contribution in [0.5, 0.6) is 0 Å². The third-order valence-electron chi connectivity index (χ3n) is 3.88. The predicted octanol–water partition coefficient (Wildman–Crippen LogP) is 0.889. The molecule has 1 N–H and O–H groups in total. The predicted molar refractivity (Wildman–Crippen MR) is 78.9 cm³/mol. The molecule has 2 rings (SSSR count). The Balaban J connectivity index is 2.16. The maximum absolute atomic E-state index is 12.3. The smallest absolute Gasteiger partial charge is 0.320 e. The van der Waals surface area contributed by atoms with Crippen LogP contribution in [-0.2, 0) is 16.0 Å². The molecule has 1 aliphatic rings. The monoisotopic (exact) mass is 307 g/mol. The Labute approximate surface area is 127 Å². The van der Waals surface area contributed by atoms with Gasteiger partial charge in [0.05, 0.1) is 17.2 Å². The van der Waals surface area contributed by atoms with Gasteiger partial charge in [-0.3, -0.25) is 24.6 Å². The van der Waals surface area contributed by atoms with Gasteiger partial charge in [0.2, 0.25) is 5.91 Å². The number of amides is 1. The number of aliphatic carboxylic acids is 1. The first kappa shape index (κ1) is 15.9. The van der Waals surface area contributed by atoms with Crippen molar-refractivity contribution < 1.29 is 19.6 Å². The van der Waals surface area contributed by atoms with E-state index in [4.69, 9.17) is 5.11 Å². The number of nitro benzene ring substituents is 1. The molecule has 0 saturated heterocycles. The number of benzene rings is 1. The largest absolute Gasteiger partial charge is 0.480 e. The first-order valence-corrected chi connectivity index (χ1v) is 6.82. The molecule has 0 bridgehead atoms. The molecule has 1 heterocycles. The number of carboxylic acid groups (broad SMARTS) is 1. The molecule has 1 aromatic rings. The molecule has 0 fully saturated rings. The van der Waals surface area contributed by atoms with E-state index in [1.807, 2.05) is 0 Å². The van der Waals surface area contributed by atoms with Gasteiger partial charge < -0.3 is 10.0 Å². The molecule has 118 valence electrons. The summed E-state index contributed by atoms with van der Waals surface area (Å²) in [5.74, 6) is -1.28. The number of non-ortho nitro benzene ring substituents is 1. The van der Waals surface area contributed by atoms with Crippen LogP contribution in [0, 0.1) is 10.1 Å². The van der Waals surface area contributed by atoms with Crippen molar-refractivity contribution in [2.75, 3.05) is 25.0 Å². The van der Waals surface area contributed by atoms with Crippen LogP contribution in [0.4, 0.5) is 11.4 Å². The van der Waals surface area contributed by atoms with Gasteiger partial charge in [-0.1, -0.05) is 6.07 Å². The number of carboxylic acids is 1. The Hall–Kier alpha value is -2.48. The van der Waals surface area contributed by atoms with Gasteiger partial charge in [-0.15, -0.1) is 0 Å². The molecule has 0 spiro atoms. The van der Waals surface area contributed by atoms with E-state index in [-0.39, 0.29) is 18.1 Å². The zero-order valence-corrected chi connectivity index (χ0v) is 12.4. The van der Waals surface area contributed by atoms with E-state index in [1.54, 1.807) is 13.1 Å². The Bertz CT molecular complexity index is 631. The normalized spacial score (nSPS) is 14.8. The number of nitrogens with zero attached hydrogens (tertiary/aromatic N) is 3. The quantitative estimate of drug-likeness (QED) is 0.640. The summed E-state index contributed by atoms with van der Waals surface area (Å²) in [4.78, 5) is 36.5. The van der Waals surface area contributed by atoms with Crippen LogP contribution < -0.4 is 4.90 Å². The highest BCUT2D eigenvalue weighted by Crippen LogP contribution is 2.31. The van der Waals surface area contributed by atoms with Crippen molar-refractivity contribution in [1.29, 1.82) is 0 Å². The molecule has 22 heavy (non-hydrogen) atoms. The lowest BCUT2D eigenvalue weighted by Crippen LogP contribution is -2.44. The highest BCUT2D eigenvalue weighted by Gasteiger charge is 2.28. The fraction of sp³-hybridized carbons (Fsp3) is 0.429. The van der Waals surface area contributed by atoms with E-state index >= 15 is 0 Å². The SMILES string of the molecule is CC(C(=O)O)N(C)CC(=O)N1CCc2ccc([N+](=O)[O-])cc21. The molecule has 0 aromatic heterocycles. The van der Waals surface area contributed by atoms with Crippen LogP contribution in [0.15, 0.2) is 18.2 Å². The van der Waals surface area contributed by atoms with Crippen molar-refractivity contribution in [3.8, 4) is 0 Å². The number of likely N-dealkylation sites (N-methyl/N-ethyl adjacent to an activating group) is 1. The van der Waals surface area contributed by atoms with Gasteiger partial charge in [0.1, 0.15) is 6.04 Å². The maximum Gasteiger partial charge on any atom is 0.320 e. The summed E-state index contributed by atoms with van der Waals surface area (Å²) in [6.45, 7) is 1.89. The Kier molecular flexibility index (Phi) is 4.41. The van der Waals surface area contributed by atoms with Gasteiger partial charge in [0, 0.05) is 18.7 Å². The molecular weight excluding hydrogens is 290 g/mol. The number of hydrogen-bond acceptors (Lipinski definition) is 5. The minimum Gasteiger partial charge on any atom is -0.480 e. The minimum absolute atomic E-state index is 0.0599. The lowest BCUT2D eigenvalue weighted by atomic mass is 10.1. The molecule has 1 aromatic carbocycles. The lowest BCUT2D eigenvalue weighted by molar-refractivity contribution is -0.384. The van der Waals surface area contributed by atoms with Gasteiger partial charge in [0.25, 0.3) is 5.69 Å². The van der Waals surface area contributed by atoms with Crippen LogP contribution >= 0.6 is 0 Å². The second-order valence-corrected chi connectivity index (χ2v) is 5.29. The summed E-state index contributed by atoms with van der Waals surface area (Å²) in [5, 5.41) is 19.8. The molecule has 1 aliphatic heterocycles. The van der Waals surface area contributed by atoms with Gasteiger partial charge >= 0.3 is 5.97 Å². The van der Waals surface area contributed by atoms with Crippen LogP contribution in [0.25, 0.3) is 0 Å². The number of carbonyl (C=O) groups is 2. The highest BCUT2D eigenvalue weighted by molar-refractivity contribution is 5.97. The van der Waals surface area contributed by atoms with Crippen molar-refractivity contribution in [3.05, 3.63) is 33.9 Å². The first-order chi connectivity index (χ1) is 10.3. The summed E-state index contributed by atoms with van der Waals surface area (Å²) in [6, 6.07) is 3.69. The molecule has 8 heteroatoms. The maximum atomic E-state index is 12.3. The van der Waals surface area contributed by atoms with Crippen molar-refractivity contribution in [3.63, 3.8) is 0 Å². The number of nitro groups is 1. The fourth-order valence-corrected chi connectivity index (χ4v) is 2.36. The summed E-state index contributed by atoms with van der Waals surface area (Å²) >= 11 is 0. The van der Waals surface area contributed by atoms with Gasteiger partial charge in [0.15, 0.2) is 0 Å². The van der Waals surface area contributed by atoms with E-state index in [2.05, 4.69) is 0 Å². The molecular formula is C14H17N3O5. The van der Waals surface area contributed by atoms with E-state index in [0.29, 0.717) is 18.7 Å². The average molecular weight is 307 g/mol. The standard InChI is InChI=1S/C14H17N3O5/c1-9(14(19)20)15(2)8-13(18)16-6-5-10-3-4-11(17(21)22)7-12(10)16/h3-4,7,9H,5-6,8H2,1-2H3,(H,19,20). The number of anilines is 1. The third kappa shape index (κ3) is 3.06. The van der Waals surface area contributed by atoms with Crippen molar-refractivity contribution >= 4 is 23.3 Å². The Morgan fingerprint density at radius 3 is 2.77 bits per heavy atom. The zero-order chi connectivity index (χ0) is 16.4.